The molecular formula is C10H8F3N3O3. The van der Waals surface area contributed by atoms with Gasteiger partial charge >= 0.3 is 6.18 Å². The molecule has 102 valence electrons. The van der Waals surface area contributed by atoms with E-state index in [0.29, 0.717) is 17.8 Å². The molecule has 2 heterocycles. The average molecular weight is 275 g/mol. The van der Waals surface area contributed by atoms with Gasteiger partial charge in [-0.25, -0.2) is 9.97 Å². The Morgan fingerprint density at radius 1 is 1.32 bits per heavy atom. The minimum atomic E-state index is -4.77. The van der Waals surface area contributed by atoms with E-state index in [1.807, 2.05) is 0 Å². The quantitative estimate of drug-likeness (QED) is 0.925. The second-order valence-electron chi connectivity index (χ2n) is 3.57. The Balaban J connectivity index is 2.09. The third kappa shape index (κ3) is 2.75. The van der Waals surface area contributed by atoms with Crippen LogP contribution in [0.4, 0.5) is 13.2 Å². The number of nitrogens with zero attached hydrogens (tertiary/aromatic N) is 2. The molecule has 0 bridgehead atoms. The molecule has 19 heavy (non-hydrogen) atoms. The monoisotopic (exact) mass is 275 g/mol. The summed E-state index contributed by atoms with van der Waals surface area (Å²) in [5.41, 5.74) is -0.277. The van der Waals surface area contributed by atoms with Gasteiger partial charge in [0.2, 0.25) is 5.76 Å². The van der Waals surface area contributed by atoms with E-state index in [2.05, 4.69) is 19.7 Å². The fourth-order valence-electron chi connectivity index (χ4n) is 1.35. The van der Waals surface area contributed by atoms with Crippen LogP contribution in [0.2, 0.25) is 0 Å². The van der Waals surface area contributed by atoms with Crippen LogP contribution in [0, 0.1) is 6.92 Å². The molecule has 2 aromatic heterocycles. The molecule has 0 aromatic carbocycles. The van der Waals surface area contributed by atoms with Crippen molar-refractivity contribution in [1.29, 1.82) is 0 Å². The number of aromatic nitrogens is 2. The summed E-state index contributed by atoms with van der Waals surface area (Å²) in [6.07, 6.45) is -3.03. The van der Waals surface area contributed by atoms with E-state index < -0.39 is 23.5 Å². The summed E-state index contributed by atoms with van der Waals surface area (Å²) in [7, 11) is 0. The van der Waals surface area contributed by atoms with Crippen LogP contribution in [0.25, 0.3) is 0 Å². The first-order chi connectivity index (χ1) is 8.89. The van der Waals surface area contributed by atoms with Crippen LogP contribution in [-0.2, 0) is 12.7 Å². The number of hydrogen-bond acceptors (Lipinski definition) is 5. The molecule has 0 fully saturated rings. The first kappa shape index (κ1) is 13.1. The molecule has 0 aliphatic rings. The lowest BCUT2D eigenvalue weighted by atomic mass is 10.3. The highest BCUT2D eigenvalue weighted by Crippen LogP contribution is 2.31. The Hall–Kier alpha value is -2.32. The number of nitrogens with one attached hydrogen (secondary N) is 1. The average Bonchev–Trinajstić information content (AvgIpc) is 2.93. The van der Waals surface area contributed by atoms with E-state index in [4.69, 9.17) is 4.42 Å². The van der Waals surface area contributed by atoms with Crippen molar-refractivity contribution >= 4 is 5.91 Å². The van der Waals surface area contributed by atoms with Crippen molar-refractivity contribution in [3.8, 4) is 0 Å². The van der Waals surface area contributed by atoms with E-state index in [-0.39, 0.29) is 6.54 Å². The zero-order valence-electron chi connectivity index (χ0n) is 9.61. The van der Waals surface area contributed by atoms with E-state index in [9.17, 15) is 18.0 Å². The third-order valence-electron chi connectivity index (χ3n) is 2.29. The molecule has 9 heteroatoms. The number of carbonyl (C=O) groups excluding carboxylic acids is 1. The van der Waals surface area contributed by atoms with Crippen LogP contribution < -0.4 is 5.32 Å². The Morgan fingerprint density at radius 3 is 2.58 bits per heavy atom. The maximum Gasteiger partial charge on any atom is 0.452 e. The lowest BCUT2D eigenvalue weighted by Gasteiger charge is -2.05. The van der Waals surface area contributed by atoms with Gasteiger partial charge in [-0.2, -0.15) is 13.2 Å². The van der Waals surface area contributed by atoms with Gasteiger partial charge in [0.15, 0.2) is 18.5 Å². The van der Waals surface area contributed by atoms with Crippen molar-refractivity contribution in [3.05, 3.63) is 35.7 Å². The molecule has 1 amide bonds. The maximum absolute atomic E-state index is 12.5. The smallest absolute Gasteiger partial charge is 0.446 e. The summed E-state index contributed by atoms with van der Waals surface area (Å²) >= 11 is 0. The summed E-state index contributed by atoms with van der Waals surface area (Å²) < 4.78 is 46.5. The highest BCUT2D eigenvalue weighted by atomic mass is 19.4. The van der Waals surface area contributed by atoms with Gasteiger partial charge in [0.25, 0.3) is 5.91 Å². The Labute approximate surface area is 104 Å². The van der Waals surface area contributed by atoms with Gasteiger partial charge < -0.3 is 14.2 Å². The molecule has 6 nitrogen and oxygen atoms in total. The van der Waals surface area contributed by atoms with E-state index in [1.165, 1.54) is 6.39 Å². The summed E-state index contributed by atoms with van der Waals surface area (Å²) in [6, 6.07) is 0. The topological polar surface area (TPSA) is 81.2 Å². The van der Waals surface area contributed by atoms with Crippen molar-refractivity contribution in [2.75, 3.05) is 0 Å². The Kier molecular flexibility index (Phi) is 3.28. The van der Waals surface area contributed by atoms with Crippen LogP contribution in [0.3, 0.4) is 0 Å². The fourth-order valence-corrected chi connectivity index (χ4v) is 1.35. The van der Waals surface area contributed by atoms with Gasteiger partial charge in [-0.15, -0.1) is 0 Å². The first-order valence-corrected chi connectivity index (χ1v) is 5.07. The molecule has 0 unspecified atom stereocenters. The summed E-state index contributed by atoms with van der Waals surface area (Å²) in [5.74, 6) is -2.08. The second-order valence-corrected chi connectivity index (χ2v) is 3.57. The predicted molar refractivity (Wildman–Crippen MR) is 53.9 cm³/mol. The van der Waals surface area contributed by atoms with Crippen molar-refractivity contribution < 1.29 is 26.8 Å². The molecule has 0 saturated heterocycles. The lowest BCUT2D eigenvalue weighted by molar-refractivity contribution is -0.153. The molecule has 1 N–H and O–H groups in total. The van der Waals surface area contributed by atoms with E-state index in [0.717, 1.165) is 0 Å². The fraction of sp³-hybridized carbons (Fsp3) is 0.300. The Morgan fingerprint density at radius 2 is 2.00 bits per heavy atom. The number of aryl methyl sites for hydroxylation is 1. The molecule has 0 radical (unpaired) electrons. The third-order valence-corrected chi connectivity index (χ3v) is 2.29. The van der Waals surface area contributed by atoms with Crippen LogP contribution in [0.1, 0.15) is 27.7 Å². The van der Waals surface area contributed by atoms with Crippen LogP contribution >= 0.6 is 0 Å². The van der Waals surface area contributed by atoms with Gasteiger partial charge in [0.05, 0.1) is 12.2 Å². The van der Waals surface area contributed by atoms with Gasteiger partial charge in [0, 0.05) is 0 Å². The minimum absolute atomic E-state index is 0.0885. The zero-order valence-corrected chi connectivity index (χ0v) is 9.61. The van der Waals surface area contributed by atoms with Crippen molar-refractivity contribution in [2.45, 2.75) is 19.6 Å². The first-order valence-electron chi connectivity index (χ1n) is 5.07. The number of rotatable bonds is 3. The number of alkyl halides is 3. The number of amides is 1. The maximum atomic E-state index is 12.5. The van der Waals surface area contributed by atoms with Crippen LogP contribution in [-0.4, -0.2) is 15.9 Å². The van der Waals surface area contributed by atoms with E-state index >= 15 is 0 Å². The molecule has 2 rings (SSSR count). The van der Waals surface area contributed by atoms with Gasteiger partial charge in [0.1, 0.15) is 5.76 Å². The summed E-state index contributed by atoms with van der Waals surface area (Å²) in [6.45, 7) is 1.55. The van der Waals surface area contributed by atoms with Crippen molar-refractivity contribution in [3.63, 3.8) is 0 Å². The number of carbonyl (C=O) groups is 1. The van der Waals surface area contributed by atoms with E-state index in [1.54, 1.807) is 6.92 Å². The summed E-state index contributed by atoms with van der Waals surface area (Å²) in [5, 5.41) is 2.25. The minimum Gasteiger partial charge on any atom is -0.446 e. The predicted octanol–water partition coefficient (Wildman–Crippen LogP) is 1.92. The van der Waals surface area contributed by atoms with Crippen molar-refractivity contribution in [1.82, 2.24) is 15.3 Å². The van der Waals surface area contributed by atoms with Gasteiger partial charge in [-0.05, 0) is 6.92 Å². The molecular weight excluding hydrogens is 267 g/mol. The lowest BCUT2D eigenvalue weighted by Crippen LogP contribution is -2.25. The van der Waals surface area contributed by atoms with Crippen LogP contribution in [0.15, 0.2) is 21.6 Å². The van der Waals surface area contributed by atoms with Gasteiger partial charge in [-0.1, -0.05) is 0 Å². The van der Waals surface area contributed by atoms with Crippen LogP contribution in [0.5, 0.6) is 0 Å². The molecule has 0 atom stereocenters. The number of oxazole rings is 2. The molecule has 0 spiro atoms. The van der Waals surface area contributed by atoms with Gasteiger partial charge in [-0.3, -0.25) is 4.79 Å². The highest BCUT2D eigenvalue weighted by Gasteiger charge is 2.40. The largest absolute Gasteiger partial charge is 0.452 e. The summed E-state index contributed by atoms with van der Waals surface area (Å²) in [4.78, 5) is 18.6. The normalized spacial score (nSPS) is 11.6. The Bertz CT molecular complexity index is 588. The number of hydrogen-bond donors (Lipinski definition) is 1. The SMILES string of the molecule is Cc1ncoc1CNC(=O)c1ncoc1C(F)(F)F. The molecule has 0 aliphatic heterocycles. The molecule has 2 aromatic rings. The second kappa shape index (κ2) is 4.75. The zero-order chi connectivity index (χ0) is 14.0. The molecule has 0 aliphatic carbocycles. The molecule has 0 saturated carbocycles. The number of halogens is 3. The standard InChI is InChI=1S/C10H8F3N3O3/c1-5-6(18-3-15-5)2-14-9(17)7-8(10(11,12)13)19-4-16-7/h3-4H,2H2,1H3,(H,14,17). The highest BCUT2D eigenvalue weighted by molar-refractivity contribution is 5.93. The van der Waals surface area contributed by atoms with Crippen molar-refractivity contribution in [2.24, 2.45) is 0 Å².